The molecule has 0 aliphatic heterocycles. The Morgan fingerprint density at radius 2 is 1.57 bits per heavy atom. The minimum Gasteiger partial charge on any atom is -0.870 e. The second kappa shape index (κ2) is 15.5. The van der Waals surface area contributed by atoms with Gasteiger partial charge in [0, 0.05) is 34.9 Å². The van der Waals surface area contributed by atoms with Crippen LogP contribution in [0, 0.1) is 0 Å². The van der Waals surface area contributed by atoms with Crippen molar-refractivity contribution in [3.05, 3.63) is 94.3 Å². The molecule has 1 atom stereocenters. The van der Waals surface area contributed by atoms with Crippen molar-refractivity contribution in [2.45, 2.75) is 31.9 Å². The molecule has 0 radical (unpaired) electrons. The van der Waals surface area contributed by atoms with Crippen molar-refractivity contribution in [2.24, 2.45) is 5.73 Å². The normalized spacial score (nSPS) is 11.5. The molecule has 1 aromatic heterocycles. The summed E-state index contributed by atoms with van der Waals surface area (Å²) in [5.74, 6) is 0.762. The molecule has 218 valence electrons. The third kappa shape index (κ3) is 9.73. The van der Waals surface area contributed by atoms with Crippen molar-refractivity contribution in [1.82, 2.24) is 10.3 Å². The maximum Gasteiger partial charge on any atom is 2.00 e. The number of benzene rings is 3. The number of aromatic amines is 1. The molecule has 0 unspecified atom stereocenters. The smallest absolute Gasteiger partial charge is 0.870 e. The predicted molar refractivity (Wildman–Crippen MR) is 152 cm³/mol. The molecule has 0 aliphatic carbocycles. The van der Waals surface area contributed by atoms with Crippen LogP contribution in [0.2, 0.25) is 0 Å². The van der Waals surface area contributed by atoms with E-state index in [-0.39, 0.29) is 48.2 Å². The Kier molecular flexibility index (Phi) is 13.5. The topological polar surface area (TPSA) is 193 Å². The number of hydrogen-bond donors (Lipinski definition) is 6. The van der Waals surface area contributed by atoms with Crippen LogP contribution in [0.5, 0.6) is 11.5 Å². The number of phenols is 1. The number of phenolic OH excluding ortho intramolecular Hbond substituents is 1. The largest absolute Gasteiger partial charge is 2.00 e. The SMILES string of the molecule is CC(C)(N)COc1ccc(Nc2ccc(CCNC[C@H](O)c3ccc(O)c4[nH]c(=O)ccc34)cc2)cc1.[OH-].[OH-].[Pd+2]. The van der Waals surface area contributed by atoms with Gasteiger partial charge in [0.05, 0.1) is 11.6 Å². The van der Waals surface area contributed by atoms with Gasteiger partial charge in [0.2, 0.25) is 5.56 Å². The molecular weight excluding hydrogens is 607 g/mol. The van der Waals surface area contributed by atoms with Crippen molar-refractivity contribution < 1.29 is 46.3 Å². The first-order valence-electron chi connectivity index (χ1n) is 12.3. The van der Waals surface area contributed by atoms with E-state index in [1.165, 1.54) is 17.7 Å². The van der Waals surface area contributed by atoms with Gasteiger partial charge < -0.3 is 47.3 Å². The molecule has 1 heterocycles. The van der Waals surface area contributed by atoms with E-state index in [2.05, 4.69) is 27.8 Å². The van der Waals surface area contributed by atoms with E-state index in [1.807, 2.05) is 50.2 Å². The molecule has 4 rings (SSSR count). The van der Waals surface area contributed by atoms with Gasteiger partial charge in [-0.15, -0.1) is 0 Å². The molecule has 40 heavy (non-hydrogen) atoms. The molecule has 0 amide bonds. The van der Waals surface area contributed by atoms with Gasteiger partial charge in [-0.25, -0.2) is 0 Å². The van der Waals surface area contributed by atoms with Crippen LogP contribution in [0.3, 0.4) is 0 Å². The minimum absolute atomic E-state index is 0. The number of aliphatic hydroxyl groups excluding tert-OH is 1. The Bertz CT molecular complexity index is 1390. The van der Waals surface area contributed by atoms with Crippen LogP contribution in [-0.2, 0) is 26.8 Å². The van der Waals surface area contributed by atoms with Gasteiger partial charge in [0.15, 0.2) is 0 Å². The van der Waals surface area contributed by atoms with Crippen LogP contribution < -0.4 is 26.7 Å². The van der Waals surface area contributed by atoms with Gasteiger partial charge in [0.25, 0.3) is 0 Å². The monoisotopic (exact) mass is 642 g/mol. The van der Waals surface area contributed by atoms with Crippen LogP contribution in [0.1, 0.15) is 31.1 Å². The summed E-state index contributed by atoms with van der Waals surface area (Å²) in [6.07, 6.45) is 0.0272. The van der Waals surface area contributed by atoms with Crippen molar-refractivity contribution >= 4 is 22.3 Å². The summed E-state index contributed by atoms with van der Waals surface area (Å²) in [5.41, 5.74) is 9.39. The average Bonchev–Trinajstić information content (AvgIpc) is 2.87. The van der Waals surface area contributed by atoms with E-state index in [0.29, 0.717) is 36.2 Å². The number of aliphatic hydroxyl groups is 1. The van der Waals surface area contributed by atoms with Gasteiger partial charge in [-0.2, -0.15) is 0 Å². The number of pyridine rings is 1. The number of ether oxygens (including phenoxy) is 1. The van der Waals surface area contributed by atoms with Crippen LogP contribution in [0.25, 0.3) is 10.9 Å². The number of fused-ring (bicyclic) bond motifs is 1. The first kappa shape index (κ1) is 34.8. The summed E-state index contributed by atoms with van der Waals surface area (Å²) in [4.78, 5) is 14.2. The van der Waals surface area contributed by atoms with Crippen LogP contribution in [-0.4, -0.2) is 51.4 Å². The first-order valence-corrected chi connectivity index (χ1v) is 12.3. The van der Waals surface area contributed by atoms with E-state index in [0.717, 1.165) is 23.5 Å². The van der Waals surface area contributed by atoms with Crippen molar-refractivity contribution in [3.8, 4) is 11.5 Å². The Balaban J connectivity index is 0.00000267. The minimum atomic E-state index is -0.779. The van der Waals surface area contributed by atoms with Gasteiger partial charge in [-0.3, -0.25) is 4.79 Å². The van der Waals surface area contributed by atoms with Crippen LogP contribution in [0.4, 0.5) is 11.4 Å². The van der Waals surface area contributed by atoms with E-state index >= 15 is 0 Å². The van der Waals surface area contributed by atoms with Gasteiger partial charge in [-0.1, -0.05) is 18.2 Å². The summed E-state index contributed by atoms with van der Waals surface area (Å²) in [6, 6.07) is 22.2. The summed E-state index contributed by atoms with van der Waals surface area (Å²) in [7, 11) is 0. The Hall–Kier alpha value is -3.27. The maximum absolute atomic E-state index is 11.6. The van der Waals surface area contributed by atoms with Crippen molar-refractivity contribution in [2.75, 3.05) is 25.0 Å². The standard InChI is InChI=1S/C29H34N4O4.2H2O.Pd/c1-29(2,30)18-37-22-9-7-21(8-10-22)32-20-5-3-19(4-6-20)15-16-31-17-26(35)23-11-13-25(34)28-24(23)12-14-27(36)33-28;;;/h3-14,26,31-32,34-35H,15-18,30H2,1-2H3,(H,33,36);2*1H2;/q;;;+2/p-2/t26-;;;/m0.../s1. The van der Waals surface area contributed by atoms with Gasteiger partial charge >= 0.3 is 20.4 Å². The molecule has 0 aliphatic rings. The number of anilines is 2. The Labute approximate surface area is 246 Å². The van der Waals surface area contributed by atoms with Crippen LogP contribution >= 0.6 is 0 Å². The number of hydrogen-bond acceptors (Lipinski definition) is 9. The number of rotatable bonds is 11. The molecule has 4 aromatic rings. The quantitative estimate of drug-likeness (QED) is 0.105. The summed E-state index contributed by atoms with van der Waals surface area (Å²) < 4.78 is 5.71. The molecule has 0 saturated heterocycles. The summed E-state index contributed by atoms with van der Waals surface area (Å²) in [5, 5.41) is 28.0. The van der Waals surface area contributed by atoms with E-state index < -0.39 is 6.10 Å². The third-order valence-electron chi connectivity index (χ3n) is 5.90. The number of nitrogens with two attached hydrogens (primary N) is 1. The zero-order chi connectivity index (χ0) is 26.4. The van der Waals surface area contributed by atoms with E-state index in [4.69, 9.17) is 10.5 Å². The number of aromatic hydroxyl groups is 1. The number of aromatic nitrogens is 1. The third-order valence-corrected chi connectivity index (χ3v) is 5.90. The molecule has 3 aromatic carbocycles. The number of nitrogens with one attached hydrogen (secondary N) is 3. The molecule has 0 spiro atoms. The molecule has 0 saturated carbocycles. The Morgan fingerprint density at radius 3 is 2.20 bits per heavy atom. The van der Waals surface area contributed by atoms with Crippen LogP contribution in [0.15, 0.2) is 77.6 Å². The average molecular weight is 643 g/mol. The van der Waals surface area contributed by atoms with E-state index in [9.17, 15) is 15.0 Å². The van der Waals surface area contributed by atoms with Crippen molar-refractivity contribution in [3.63, 3.8) is 0 Å². The zero-order valence-electron chi connectivity index (χ0n) is 22.3. The first-order chi connectivity index (χ1) is 17.7. The fraction of sp³-hybridized carbons (Fsp3) is 0.276. The molecule has 0 bridgehead atoms. The maximum atomic E-state index is 11.6. The summed E-state index contributed by atoms with van der Waals surface area (Å²) >= 11 is 0. The molecule has 10 nitrogen and oxygen atoms in total. The molecular formula is C29H36N4O6Pd. The van der Waals surface area contributed by atoms with Gasteiger partial charge in [-0.05, 0) is 86.5 Å². The fourth-order valence-electron chi connectivity index (χ4n) is 3.96. The Morgan fingerprint density at radius 1 is 0.950 bits per heavy atom. The fourth-order valence-corrected chi connectivity index (χ4v) is 3.96. The second-order valence-corrected chi connectivity index (χ2v) is 9.88. The predicted octanol–water partition coefficient (Wildman–Crippen LogP) is 3.60. The molecule has 0 fully saturated rings. The second-order valence-electron chi connectivity index (χ2n) is 9.88. The van der Waals surface area contributed by atoms with E-state index in [1.54, 1.807) is 12.1 Å². The van der Waals surface area contributed by atoms with Crippen molar-refractivity contribution in [1.29, 1.82) is 0 Å². The molecule has 9 N–H and O–H groups in total. The summed E-state index contributed by atoms with van der Waals surface area (Å²) in [6.45, 7) is 5.34. The number of H-pyrrole nitrogens is 1. The zero-order valence-corrected chi connectivity index (χ0v) is 23.9. The molecule has 11 heteroatoms. The van der Waals surface area contributed by atoms with Gasteiger partial charge in [0.1, 0.15) is 18.1 Å².